The highest BCUT2D eigenvalue weighted by molar-refractivity contribution is 5.95. The van der Waals surface area contributed by atoms with Gasteiger partial charge in [-0.2, -0.15) is 0 Å². The van der Waals surface area contributed by atoms with Crippen LogP contribution in [0.2, 0.25) is 0 Å². The molecule has 1 saturated heterocycles. The van der Waals surface area contributed by atoms with Gasteiger partial charge in [-0.25, -0.2) is 4.98 Å². The predicted octanol–water partition coefficient (Wildman–Crippen LogP) is 2.06. The number of hydrogen-bond donors (Lipinski definition) is 0. The predicted molar refractivity (Wildman–Crippen MR) is 94.1 cm³/mol. The molecule has 132 valence electrons. The first kappa shape index (κ1) is 16.1. The molecule has 1 fully saturated rings. The van der Waals surface area contributed by atoms with Crippen LogP contribution in [0.1, 0.15) is 20.9 Å². The molecule has 0 bridgehead atoms. The van der Waals surface area contributed by atoms with Gasteiger partial charge >= 0.3 is 0 Å². The van der Waals surface area contributed by atoms with Gasteiger partial charge in [-0.15, -0.1) is 0 Å². The molecule has 3 heterocycles. The third-order valence-electron chi connectivity index (χ3n) is 4.50. The number of rotatable bonds is 3. The fourth-order valence-corrected chi connectivity index (χ4v) is 3.04. The first-order chi connectivity index (χ1) is 12.7. The Morgan fingerprint density at radius 2 is 1.62 bits per heavy atom. The van der Waals surface area contributed by atoms with Crippen LogP contribution in [0.5, 0.6) is 0 Å². The second-order valence-corrected chi connectivity index (χ2v) is 6.08. The zero-order valence-corrected chi connectivity index (χ0v) is 14.1. The Bertz CT molecular complexity index is 878. The largest absolute Gasteiger partial charge is 0.459 e. The van der Waals surface area contributed by atoms with Crippen LogP contribution in [-0.4, -0.2) is 57.3 Å². The summed E-state index contributed by atoms with van der Waals surface area (Å²) < 4.78 is 7.04. The lowest BCUT2D eigenvalue weighted by molar-refractivity contribution is 0.0518. The van der Waals surface area contributed by atoms with Gasteiger partial charge < -0.3 is 18.8 Å². The topological polar surface area (TPSA) is 71.6 Å². The molecule has 4 rings (SSSR count). The molecule has 0 saturated carbocycles. The van der Waals surface area contributed by atoms with Crippen molar-refractivity contribution in [3.8, 4) is 5.69 Å². The Morgan fingerprint density at radius 3 is 2.19 bits per heavy atom. The van der Waals surface area contributed by atoms with E-state index in [2.05, 4.69) is 4.98 Å². The lowest BCUT2D eigenvalue weighted by Gasteiger charge is -2.34. The molecule has 0 aliphatic carbocycles. The lowest BCUT2D eigenvalue weighted by atomic mass is 10.1. The molecule has 7 nitrogen and oxygen atoms in total. The van der Waals surface area contributed by atoms with E-state index in [-0.39, 0.29) is 11.8 Å². The molecular weight excluding hydrogens is 332 g/mol. The molecule has 0 atom stereocenters. The second-order valence-electron chi connectivity index (χ2n) is 6.08. The van der Waals surface area contributed by atoms with Crippen molar-refractivity contribution in [2.75, 3.05) is 26.2 Å². The summed E-state index contributed by atoms with van der Waals surface area (Å²) >= 11 is 0. The van der Waals surface area contributed by atoms with E-state index >= 15 is 0 Å². The van der Waals surface area contributed by atoms with Crippen LogP contribution in [-0.2, 0) is 0 Å². The Kier molecular flexibility index (Phi) is 4.27. The first-order valence-corrected chi connectivity index (χ1v) is 8.43. The average molecular weight is 350 g/mol. The molecule has 7 heteroatoms. The van der Waals surface area contributed by atoms with Crippen LogP contribution >= 0.6 is 0 Å². The standard InChI is InChI=1S/C19H18N4O3/c24-18(15-3-5-16(6-4-15)23-8-7-20-14-23)21-9-11-22(12-10-21)19(25)17-2-1-13-26-17/h1-8,13-14H,9-12H2. The van der Waals surface area contributed by atoms with Crippen molar-refractivity contribution in [3.05, 3.63) is 72.7 Å². The van der Waals surface area contributed by atoms with Crippen molar-refractivity contribution in [1.29, 1.82) is 0 Å². The van der Waals surface area contributed by atoms with Crippen LogP contribution in [0.3, 0.4) is 0 Å². The van der Waals surface area contributed by atoms with Gasteiger partial charge in [-0.1, -0.05) is 0 Å². The summed E-state index contributed by atoms with van der Waals surface area (Å²) in [5.41, 5.74) is 1.59. The third-order valence-corrected chi connectivity index (χ3v) is 4.50. The maximum atomic E-state index is 12.7. The highest BCUT2D eigenvalue weighted by atomic mass is 16.3. The normalized spacial score (nSPS) is 14.5. The second kappa shape index (κ2) is 6.87. The average Bonchev–Trinajstić information content (AvgIpc) is 3.41. The maximum Gasteiger partial charge on any atom is 0.289 e. The molecule has 26 heavy (non-hydrogen) atoms. The zero-order chi connectivity index (χ0) is 17.9. The van der Waals surface area contributed by atoms with E-state index in [0.29, 0.717) is 37.5 Å². The van der Waals surface area contributed by atoms with Gasteiger partial charge in [0.1, 0.15) is 0 Å². The molecule has 0 spiro atoms. The van der Waals surface area contributed by atoms with E-state index in [1.165, 1.54) is 6.26 Å². The SMILES string of the molecule is O=C(c1ccc(-n2ccnc2)cc1)N1CCN(C(=O)c2ccco2)CC1. The monoisotopic (exact) mass is 350 g/mol. The molecule has 0 N–H and O–H groups in total. The maximum absolute atomic E-state index is 12.7. The van der Waals surface area contributed by atoms with Crippen LogP contribution in [0.15, 0.2) is 65.8 Å². The van der Waals surface area contributed by atoms with E-state index in [9.17, 15) is 9.59 Å². The molecule has 2 amide bonds. The summed E-state index contributed by atoms with van der Waals surface area (Å²) in [6.45, 7) is 2.01. The zero-order valence-electron chi connectivity index (χ0n) is 14.1. The Balaban J connectivity index is 1.38. The van der Waals surface area contributed by atoms with Crippen LogP contribution < -0.4 is 0 Å². The minimum absolute atomic E-state index is 0.0210. The van der Waals surface area contributed by atoms with Crippen LogP contribution in [0.4, 0.5) is 0 Å². The summed E-state index contributed by atoms with van der Waals surface area (Å²) in [5, 5.41) is 0. The van der Waals surface area contributed by atoms with E-state index < -0.39 is 0 Å². The minimum atomic E-state index is -0.133. The van der Waals surface area contributed by atoms with Gasteiger partial charge in [0.25, 0.3) is 11.8 Å². The smallest absolute Gasteiger partial charge is 0.289 e. The van der Waals surface area contributed by atoms with Crippen molar-refractivity contribution in [2.45, 2.75) is 0 Å². The number of benzene rings is 1. The summed E-state index contributed by atoms with van der Waals surface area (Å²) in [5.74, 6) is 0.180. The quantitative estimate of drug-likeness (QED) is 0.725. The lowest BCUT2D eigenvalue weighted by Crippen LogP contribution is -2.50. The molecule has 3 aromatic rings. The number of hydrogen-bond acceptors (Lipinski definition) is 4. The molecule has 1 aromatic carbocycles. The third kappa shape index (κ3) is 3.11. The Morgan fingerprint density at radius 1 is 0.923 bits per heavy atom. The highest BCUT2D eigenvalue weighted by Crippen LogP contribution is 2.14. The van der Waals surface area contributed by atoms with Crippen LogP contribution in [0, 0.1) is 0 Å². The first-order valence-electron chi connectivity index (χ1n) is 8.43. The van der Waals surface area contributed by atoms with Gasteiger partial charge in [0, 0.05) is 49.8 Å². The summed E-state index contributed by atoms with van der Waals surface area (Å²) in [6, 6.07) is 10.8. The molecule has 2 aromatic heterocycles. The number of furan rings is 1. The Labute approximate surface area is 150 Å². The van der Waals surface area contributed by atoms with E-state index in [4.69, 9.17) is 4.42 Å². The van der Waals surface area contributed by atoms with E-state index in [1.807, 2.05) is 35.0 Å². The number of nitrogens with zero attached hydrogens (tertiary/aromatic N) is 4. The molecule has 1 aliphatic rings. The van der Waals surface area contributed by atoms with Crippen LogP contribution in [0.25, 0.3) is 5.69 Å². The molecule has 1 aliphatic heterocycles. The summed E-state index contributed by atoms with van der Waals surface area (Å²) in [4.78, 5) is 32.5. The van der Waals surface area contributed by atoms with Crippen molar-refractivity contribution >= 4 is 11.8 Å². The minimum Gasteiger partial charge on any atom is -0.459 e. The fraction of sp³-hybridized carbons (Fsp3) is 0.211. The fourth-order valence-electron chi connectivity index (χ4n) is 3.04. The molecule has 0 unspecified atom stereocenters. The number of aromatic nitrogens is 2. The van der Waals surface area contributed by atoms with Crippen molar-refractivity contribution in [3.63, 3.8) is 0 Å². The van der Waals surface area contributed by atoms with Crippen molar-refractivity contribution in [2.24, 2.45) is 0 Å². The number of carbonyl (C=O) groups is 2. The Hall–Kier alpha value is -3.35. The summed E-state index contributed by atoms with van der Waals surface area (Å²) in [7, 11) is 0. The van der Waals surface area contributed by atoms with Gasteiger partial charge in [0.15, 0.2) is 5.76 Å². The molecule has 0 radical (unpaired) electrons. The number of amides is 2. The van der Waals surface area contributed by atoms with Gasteiger partial charge in [-0.3, -0.25) is 9.59 Å². The molecular formula is C19H18N4O3. The number of carbonyl (C=O) groups excluding carboxylic acids is 2. The van der Waals surface area contributed by atoms with Gasteiger partial charge in [0.2, 0.25) is 0 Å². The van der Waals surface area contributed by atoms with Crippen molar-refractivity contribution < 1.29 is 14.0 Å². The number of piperazine rings is 1. The van der Waals surface area contributed by atoms with Gasteiger partial charge in [0.05, 0.1) is 12.6 Å². The summed E-state index contributed by atoms with van der Waals surface area (Å²) in [6.07, 6.45) is 6.77. The van der Waals surface area contributed by atoms with Crippen molar-refractivity contribution in [1.82, 2.24) is 19.4 Å². The van der Waals surface area contributed by atoms with E-state index in [0.717, 1.165) is 5.69 Å². The number of imidazole rings is 1. The highest BCUT2D eigenvalue weighted by Gasteiger charge is 2.26. The van der Waals surface area contributed by atoms with E-state index in [1.54, 1.807) is 34.5 Å². The van der Waals surface area contributed by atoms with Gasteiger partial charge in [-0.05, 0) is 36.4 Å².